The highest BCUT2D eigenvalue weighted by molar-refractivity contribution is 8.00. The number of anilines is 2. The van der Waals surface area contributed by atoms with E-state index in [9.17, 15) is 19.5 Å². The van der Waals surface area contributed by atoms with Gasteiger partial charge in [-0.25, -0.2) is 4.79 Å². The molecule has 33 heavy (non-hydrogen) atoms. The number of aromatic carboxylic acids is 1. The Morgan fingerprint density at radius 1 is 0.909 bits per heavy atom. The van der Waals surface area contributed by atoms with Gasteiger partial charge in [0.25, 0.3) is 0 Å². The van der Waals surface area contributed by atoms with E-state index in [0.29, 0.717) is 5.69 Å². The van der Waals surface area contributed by atoms with Crippen LogP contribution in [0.15, 0.2) is 83.8 Å². The van der Waals surface area contributed by atoms with Crippen molar-refractivity contribution >= 4 is 47.0 Å². The lowest BCUT2D eigenvalue weighted by Crippen LogP contribution is -2.22. The molecule has 0 bridgehead atoms. The summed E-state index contributed by atoms with van der Waals surface area (Å²) >= 11 is 1.32. The number of thioether (sulfide) groups is 1. The predicted octanol–water partition coefficient (Wildman–Crippen LogP) is 4.86. The van der Waals surface area contributed by atoms with Crippen LogP contribution in [0.4, 0.5) is 11.4 Å². The third-order valence-electron chi connectivity index (χ3n) is 4.53. The Morgan fingerprint density at radius 3 is 2.24 bits per heavy atom. The first kappa shape index (κ1) is 23.6. The van der Waals surface area contributed by atoms with Gasteiger partial charge in [0.1, 0.15) is 11.3 Å². The lowest BCUT2D eigenvalue weighted by Gasteiger charge is -2.13. The van der Waals surface area contributed by atoms with E-state index in [1.54, 1.807) is 37.3 Å². The van der Waals surface area contributed by atoms with Crippen LogP contribution in [-0.4, -0.2) is 33.2 Å². The average molecular weight is 463 g/mol. The van der Waals surface area contributed by atoms with Crippen LogP contribution in [0.3, 0.4) is 0 Å². The van der Waals surface area contributed by atoms with Crippen LogP contribution in [0, 0.1) is 0 Å². The molecule has 0 fully saturated rings. The molecule has 3 aromatic carbocycles. The number of phenols is 1. The fourth-order valence-corrected chi connectivity index (χ4v) is 3.69. The van der Waals surface area contributed by atoms with Crippen molar-refractivity contribution in [3.8, 4) is 5.75 Å². The Balaban J connectivity index is 1.54. The van der Waals surface area contributed by atoms with Crippen LogP contribution >= 0.6 is 11.8 Å². The zero-order valence-electron chi connectivity index (χ0n) is 17.7. The van der Waals surface area contributed by atoms with Gasteiger partial charge in [-0.1, -0.05) is 30.3 Å². The molecule has 0 aliphatic carbocycles. The maximum atomic E-state index is 12.5. The SMILES string of the molecule is CC(Sc1ccc(NC(=O)/C=C/c2ccccc2)cc1)C(=O)Nc1ccc(O)c(C(=O)O)c1. The van der Waals surface area contributed by atoms with Gasteiger partial charge in [0.15, 0.2) is 0 Å². The first-order chi connectivity index (χ1) is 15.8. The zero-order chi connectivity index (χ0) is 23.8. The monoisotopic (exact) mass is 462 g/mol. The Morgan fingerprint density at radius 2 is 1.58 bits per heavy atom. The molecule has 0 saturated carbocycles. The molecule has 0 radical (unpaired) electrons. The van der Waals surface area contributed by atoms with Gasteiger partial charge in [0.05, 0.1) is 5.25 Å². The lowest BCUT2D eigenvalue weighted by atomic mass is 10.2. The van der Waals surface area contributed by atoms with E-state index >= 15 is 0 Å². The summed E-state index contributed by atoms with van der Waals surface area (Å²) in [6.07, 6.45) is 3.19. The van der Waals surface area contributed by atoms with E-state index < -0.39 is 11.2 Å². The number of carbonyl (C=O) groups is 3. The number of amides is 2. The number of carboxylic acid groups (broad SMARTS) is 1. The number of rotatable bonds is 8. The summed E-state index contributed by atoms with van der Waals surface area (Å²) in [6, 6.07) is 20.5. The van der Waals surface area contributed by atoms with Gasteiger partial charge in [0.2, 0.25) is 11.8 Å². The topological polar surface area (TPSA) is 116 Å². The first-order valence-corrected chi connectivity index (χ1v) is 10.9. The largest absolute Gasteiger partial charge is 0.507 e. The van der Waals surface area contributed by atoms with Crippen molar-refractivity contribution in [3.63, 3.8) is 0 Å². The number of benzene rings is 3. The maximum absolute atomic E-state index is 12.5. The summed E-state index contributed by atoms with van der Waals surface area (Å²) in [4.78, 5) is 36.5. The summed E-state index contributed by atoms with van der Waals surface area (Å²) in [5, 5.41) is 23.6. The number of aromatic hydroxyl groups is 1. The van der Waals surface area contributed by atoms with Crippen molar-refractivity contribution in [2.75, 3.05) is 10.6 Å². The van der Waals surface area contributed by atoms with E-state index in [1.165, 1.54) is 36.0 Å². The average Bonchev–Trinajstić information content (AvgIpc) is 2.80. The predicted molar refractivity (Wildman–Crippen MR) is 130 cm³/mol. The highest BCUT2D eigenvalue weighted by atomic mass is 32.2. The molecule has 2 amide bonds. The highest BCUT2D eigenvalue weighted by Gasteiger charge is 2.17. The Labute approximate surface area is 195 Å². The minimum atomic E-state index is -1.28. The third-order valence-corrected chi connectivity index (χ3v) is 5.64. The molecule has 4 N–H and O–H groups in total. The van der Waals surface area contributed by atoms with Crippen LogP contribution in [0.1, 0.15) is 22.8 Å². The summed E-state index contributed by atoms with van der Waals surface area (Å²) < 4.78 is 0. The summed E-state index contributed by atoms with van der Waals surface area (Å²) in [7, 11) is 0. The van der Waals surface area contributed by atoms with Crippen molar-refractivity contribution in [1.29, 1.82) is 0 Å². The number of carboxylic acids is 1. The molecular formula is C25H22N2O5S. The highest BCUT2D eigenvalue weighted by Crippen LogP contribution is 2.27. The van der Waals surface area contributed by atoms with Gasteiger partial charge >= 0.3 is 5.97 Å². The fourth-order valence-electron chi connectivity index (χ4n) is 2.82. The number of hydrogen-bond donors (Lipinski definition) is 4. The van der Waals surface area contributed by atoms with E-state index in [4.69, 9.17) is 5.11 Å². The van der Waals surface area contributed by atoms with Crippen LogP contribution in [0.25, 0.3) is 6.08 Å². The van der Waals surface area contributed by atoms with Crippen LogP contribution in [0.5, 0.6) is 5.75 Å². The number of nitrogens with one attached hydrogen (secondary N) is 2. The second kappa shape index (κ2) is 11.0. The van der Waals surface area contributed by atoms with Gasteiger partial charge in [0, 0.05) is 22.3 Å². The molecule has 7 nitrogen and oxygen atoms in total. The molecule has 1 atom stereocenters. The molecule has 0 heterocycles. The number of carbonyl (C=O) groups excluding carboxylic acids is 2. The van der Waals surface area contributed by atoms with Crippen LogP contribution in [-0.2, 0) is 9.59 Å². The van der Waals surface area contributed by atoms with Crippen LogP contribution < -0.4 is 10.6 Å². The molecule has 168 valence electrons. The Hall–Kier alpha value is -4.04. The molecular weight excluding hydrogens is 440 g/mol. The first-order valence-electron chi connectivity index (χ1n) is 10.00. The summed E-state index contributed by atoms with van der Waals surface area (Å²) in [5.74, 6) is -2.22. The van der Waals surface area contributed by atoms with Gasteiger partial charge in [-0.2, -0.15) is 0 Å². The molecule has 3 aromatic rings. The lowest BCUT2D eigenvalue weighted by molar-refractivity contribution is -0.115. The van der Waals surface area contributed by atoms with Gasteiger partial charge in [-0.15, -0.1) is 11.8 Å². The zero-order valence-corrected chi connectivity index (χ0v) is 18.5. The smallest absolute Gasteiger partial charge is 0.339 e. The van der Waals surface area contributed by atoms with E-state index in [0.717, 1.165) is 10.5 Å². The molecule has 0 spiro atoms. The minimum absolute atomic E-state index is 0.248. The molecule has 8 heteroatoms. The second-order valence-electron chi connectivity index (χ2n) is 7.04. The summed E-state index contributed by atoms with van der Waals surface area (Å²) in [5.41, 5.74) is 1.55. The standard InChI is InChI=1S/C25H22N2O5S/c1-16(24(30)27-19-10-13-22(28)21(15-19)25(31)32)33-20-11-8-18(9-12-20)26-23(29)14-7-17-5-3-2-4-6-17/h2-16,28H,1H3,(H,26,29)(H,27,30)(H,31,32)/b14-7+. The molecule has 0 aliphatic rings. The maximum Gasteiger partial charge on any atom is 0.339 e. The third kappa shape index (κ3) is 6.98. The minimum Gasteiger partial charge on any atom is -0.507 e. The molecule has 0 aliphatic heterocycles. The van der Waals surface area contributed by atoms with E-state index in [-0.39, 0.29) is 28.8 Å². The summed E-state index contributed by atoms with van der Waals surface area (Å²) in [6.45, 7) is 1.72. The van der Waals surface area contributed by atoms with E-state index in [2.05, 4.69) is 10.6 Å². The van der Waals surface area contributed by atoms with Gasteiger partial charge in [-0.05, 0) is 61.0 Å². The van der Waals surface area contributed by atoms with Crippen molar-refractivity contribution < 1.29 is 24.6 Å². The molecule has 1 unspecified atom stereocenters. The van der Waals surface area contributed by atoms with Crippen molar-refractivity contribution in [1.82, 2.24) is 0 Å². The van der Waals surface area contributed by atoms with Crippen LogP contribution in [0.2, 0.25) is 0 Å². The quantitative estimate of drug-likeness (QED) is 0.216. The van der Waals surface area contributed by atoms with E-state index in [1.807, 2.05) is 30.3 Å². The van der Waals surface area contributed by atoms with Crippen molar-refractivity contribution in [2.45, 2.75) is 17.1 Å². The molecule has 0 saturated heterocycles. The Bertz CT molecular complexity index is 1180. The normalized spacial score (nSPS) is 11.7. The second-order valence-corrected chi connectivity index (χ2v) is 8.46. The van der Waals surface area contributed by atoms with Gasteiger partial charge in [-0.3, -0.25) is 9.59 Å². The van der Waals surface area contributed by atoms with Gasteiger partial charge < -0.3 is 20.8 Å². The Kier molecular flexibility index (Phi) is 7.88. The fraction of sp³-hybridized carbons (Fsp3) is 0.0800. The molecule has 3 rings (SSSR count). The van der Waals surface area contributed by atoms with Crippen molar-refractivity contribution in [2.24, 2.45) is 0 Å². The molecule has 0 aromatic heterocycles. The number of hydrogen-bond acceptors (Lipinski definition) is 5. The van der Waals surface area contributed by atoms with Crippen molar-refractivity contribution in [3.05, 3.63) is 90.0 Å².